The molecule has 1 aliphatic heterocycles. The van der Waals surface area contributed by atoms with Crippen LogP contribution in [0.3, 0.4) is 0 Å². The van der Waals surface area contributed by atoms with Gasteiger partial charge < -0.3 is 9.47 Å². The van der Waals surface area contributed by atoms with E-state index in [1.54, 1.807) is 18.2 Å². The topological polar surface area (TPSA) is 65.7 Å². The zero-order chi connectivity index (χ0) is 16.4. The van der Waals surface area contributed by atoms with Crippen molar-refractivity contribution in [1.82, 2.24) is 14.6 Å². The summed E-state index contributed by atoms with van der Waals surface area (Å²) in [7, 11) is 0. The quantitative estimate of drug-likeness (QED) is 0.537. The number of carbonyl (C=O) groups excluding carboxylic acids is 1. The molecule has 0 spiro atoms. The fraction of sp³-hybridized carbons (Fsp3) is 0.235. The molecule has 2 aromatic heterocycles. The molecular formula is C17H15N3O3S. The van der Waals surface area contributed by atoms with Crippen LogP contribution in [0.1, 0.15) is 16.8 Å². The normalized spacial score (nSPS) is 13.7. The van der Waals surface area contributed by atoms with Crippen molar-refractivity contribution in [2.75, 3.05) is 19.0 Å². The Balaban J connectivity index is 1.49. The van der Waals surface area contributed by atoms with E-state index in [1.165, 1.54) is 11.8 Å². The Kier molecular flexibility index (Phi) is 4.08. The van der Waals surface area contributed by atoms with Crippen LogP contribution in [0.25, 0.3) is 5.65 Å². The molecule has 0 amide bonds. The van der Waals surface area contributed by atoms with Gasteiger partial charge in [0.1, 0.15) is 0 Å². The lowest BCUT2D eigenvalue weighted by Gasteiger charge is -2.08. The summed E-state index contributed by atoms with van der Waals surface area (Å²) >= 11 is 1.37. The van der Waals surface area contributed by atoms with Crippen molar-refractivity contribution < 1.29 is 14.3 Å². The van der Waals surface area contributed by atoms with E-state index in [0.29, 0.717) is 35.4 Å². The fourth-order valence-corrected chi connectivity index (χ4v) is 3.29. The fourth-order valence-electron chi connectivity index (χ4n) is 2.47. The highest BCUT2D eigenvalue weighted by atomic mass is 32.2. The molecule has 6 nitrogen and oxygen atoms in total. The standard InChI is InChI=1S/C17H15N3O3S/c21-13(11-24-17-19-18-16-4-1-2-7-20(16)17)12-5-6-14-15(10-12)23-9-3-8-22-14/h1-2,4-7,10H,3,8-9,11H2. The van der Waals surface area contributed by atoms with Crippen molar-refractivity contribution in [3.63, 3.8) is 0 Å². The number of pyridine rings is 1. The summed E-state index contributed by atoms with van der Waals surface area (Å²) in [6.07, 6.45) is 2.73. The van der Waals surface area contributed by atoms with E-state index in [9.17, 15) is 4.79 Å². The zero-order valence-corrected chi connectivity index (χ0v) is 13.7. The van der Waals surface area contributed by atoms with E-state index in [-0.39, 0.29) is 11.5 Å². The van der Waals surface area contributed by atoms with Gasteiger partial charge in [-0.3, -0.25) is 9.20 Å². The van der Waals surface area contributed by atoms with Crippen molar-refractivity contribution >= 4 is 23.2 Å². The van der Waals surface area contributed by atoms with Gasteiger partial charge in [-0.05, 0) is 30.3 Å². The number of aromatic nitrogens is 3. The average Bonchev–Trinajstić information content (AvgIpc) is 2.88. The number of ketones is 1. The van der Waals surface area contributed by atoms with Crippen molar-refractivity contribution in [2.45, 2.75) is 11.6 Å². The van der Waals surface area contributed by atoms with Gasteiger partial charge >= 0.3 is 0 Å². The van der Waals surface area contributed by atoms with E-state index in [4.69, 9.17) is 9.47 Å². The highest BCUT2D eigenvalue weighted by Crippen LogP contribution is 2.31. The summed E-state index contributed by atoms with van der Waals surface area (Å²) in [6.45, 7) is 1.24. The van der Waals surface area contributed by atoms with E-state index in [1.807, 2.05) is 28.8 Å². The molecule has 0 aliphatic carbocycles. The third-order valence-corrected chi connectivity index (χ3v) is 4.63. The third-order valence-electron chi connectivity index (χ3n) is 3.68. The van der Waals surface area contributed by atoms with E-state index >= 15 is 0 Å². The summed E-state index contributed by atoms with van der Waals surface area (Å²) < 4.78 is 13.1. The van der Waals surface area contributed by atoms with Crippen LogP contribution in [-0.4, -0.2) is 39.3 Å². The molecule has 0 saturated heterocycles. The largest absolute Gasteiger partial charge is 0.490 e. The number of ether oxygens (including phenoxy) is 2. The molecule has 0 radical (unpaired) electrons. The molecule has 0 bridgehead atoms. The van der Waals surface area contributed by atoms with Crippen molar-refractivity contribution in [1.29, 1.82) is 0 Å². The Labute approximate surface area is 142 Å². The minimum atomic E-state index is 0.0170. The first-order chi connectivity index (χ1) is 11.8. The summed E-state index contributed by atoms with van der Waals surface area (Å²) in [4.78, 5) is 12.5. The molecule has 0 fully saturated rings. The number of rotatable bonds is 4. The van der Waals surface area contributed by atoms with Gasteiger partial charge in [-0.2, -0.15) is 0 Å². The van der Waals surface area contributed by atoms with Crippen LogP contribution in [0.5, 0.6) is 11.5 Å². The molecule has 3 aromatic rings. The average molecular weight is 341 g/mol. The van der Waals surface area contributed by atoms with E-state index in [2.05, 4.69) is 10.2 Å². The van der Waals surface area contributed by atoms with E-state index < -0.39 is 0 Å². The van der Waals surface area contributed by atoms with Gasteiger partial charge in [-0.1, -0.05) is 17.8 Å². The molecule has 4 rings (SSSR count). The molecule has 1 aliphatic rings. The number of nitrogens with zero attached hydrogens (tertiary/aromatic N) is 3. The Bertz CT molecular complexity index is 894. The van der Waals surface area contributed by atoms with Crippen LogP contribution in [-0.2, 0) is 0 Å². The minimum Gasteiger partial charge on any atom is -0.490 e. The van der Waals surface area contributed by atoms with Crippen LogP contribution < -0.4 is 9.47 Å². The van der Waals surface area contributed by atoms with Gasteiger partial charge in [0.2, 0.25) is 0 Å². The van der Waals surface area contributed by atoms with Crippen molar-refractivity contribution in [3.05, 3.63) is 48.2 Å². The predicted octanol–water partition coefficient (Wildman–Crippen LogP) is 2.87. The molecule has 0 saturated carbocycles. The van der Waals surface area contributed by atoms with Crippen LogP contribution in [0, 0.1) is 0 Å². The number of carbonyl (C=O) groups is 1. The number of thioether (sulfide) groups is 1. The molecule has 3 heterocycles. The third kappa shape index (κ3) is 2.94. The number of fused-ring (bicyclic) bond motifs is 2. The number of hydrogen-bond donors (Lipinski definition) is 0. The lowest BCUT2D eigenvalue weighted by atomic mass is 10.1. The summed E-state index contributed by atoms with van der Waals surface area (Å²) in [5.74, 6) is 1.63. The van der Waals surface area contributed by atoms with Crippen molar-refractivity contribution in [3.8, 4) is 11.5 Å². The molecule has 24 heavy (non-hydrogen) atoms. The zero-order valence-electron chi connectivity index (χ0n) is 12.8. The number of hydrogen-bond acceptors (Lipinski definition) is 6. The summed E-state index contributed by atoms with van der Waals surface area (Å²) in [5, 5.41) is 8.91. The SMILES string of the molecule is O=C(CSc1nnc2ccccn12)c1ccc2c(c1)OCCCO2. The van der Waals surface area contributed by atoms with Crippen LogP contribution in [0.4, 0.5) is 0 Å². The lowest BCUT2D eigenvalue weighted by molar-refractivity contribution is 0.102. The Morgan fingerprint density at radius 1 is 1.12 bits per heavy atom. The Morgan fingerprint density at radius 3 is 2.92 bits per heavy atom. The predicted molar refractivity (Wildman–Crippen MR) is 90.1 cm³/mol. The number of Topliss-reactive ketones (excluding diaryl/α,β-unsaturated/α-hetero) is 1. The molecule has 7 heteroatoms. The highest BCUT2D eigenvalue weighted by molar-refractivity contribution is 7.99. The summed E-state index contributed by atoms with van der Waals surface area (Å²) in [6, 6.07) is 11.0. The minimum absolute atomic E-state index is 0.0170. The van der Waals surface area contributed by atoms with Crippen LogP contribution >= 0.6 is 11.8 Å². The second kappa shape index (κ2) is 6.52. The summed E-state index contributed by atoms with van der Waals surface area (Å²) in [5.41, 5.74) is 1.38. The first-order valence-corrected chi connectivity index (χ1v) is 8.65. The van der Waals surface area contributed by atoms with Gasteiger partial charge in [-0.25, -0.2) is 0 Å². The monoisotopic (exact) mass is 341 g/mol. The lowest BCUT2D eigenvalue weighted by Crippen LogP contribution is -2.04. The second-order valence-corrected chi connectivity index (χ2v) is 6.28. The maximum Gasteiger partial charge on any atom is 0.196 e. The molecule has 0 unspecified atom stereocenters. The number of benzene rings is 1. The highest BCUT2D eigenvalue weighted by Gasteiger charge is 2.15. The first-order valence-electron chi connectivity index (χ1n) is 7.67. The maximum atomic E-state index is 12.5. The Hall–Kier alpha value is -2.54. The van der Waals surface area contributed by atoms with Gasteiger partial charge in [0.25, 0.3) is 0 Å². The van der Waals surface area contributed by atoms with Gasteiger partial charge in [0.15, 0.2) is 28.1 Å². The molecule has 1 aromatic carbocycles. The molecular weight excluding hydrogens is 326 g/mol. The first kappa shape index (κ1) is 15.0. The molecule has 122 valence electrons. The van der Waals surface area contributed by atoms with Crippen LogP contribution in [0.15, 0.2) is 47.8 Å². The van der Waals surface area contributed by atoms with E-state index in [0.717, 1.165) is 12.1 Å². The van der Waals surface area contributed by atoms with Gasteiger partial charge in [-0.15, -0.1) is 10.2 Å². The molecule has 0 atom stereocenters. The molecule has 0 N–H and O–H groups in total. The second-order valence-electron chi connectivity index (χ2n) is 5.34. The Morgan fingerprint density at radius 2 is 2.00 bits per heavy atom. The van der Waals surface area contributed by atoms with Crippen molar-refractivity contribution in [2.24, 2.45) is 0 Å². The smallest absolute Gasteiger partial charge is 0.196 e. The maximum absolute atomic E-state index is 12.5. The van der Waals surface area contributed by atoms with Gasteiger partial charge in [0.05, 0.1) is 19.0 Å². The van der Waals surface area contributed by atoms with Gasteiger partial charge in [0, 0.05) is 18.2 Å². The van der Waals surface area contributed by atoms with Crippen LogP contribution in [0.2, 0.25) is 0 Å².